The molecule has 0 amide bonds. The number of carboxylic acids is 1. The minimum absolute atomic E-state index is 0.368. The zero-order chi connectivity index (χ0) is 11.5. The van der Waals surface area contributed by atoms with Gasteiger partial charge in [0, 0.05) is 10.8 Å². The van der Waals surface area contributed by atoms with Gasteiger partial charge in [-0.15, -0.1) is 11.3 Å². The molecule has 0 bridgehead atoms. The summed E-state index contributed by atoms with van der Waals surface area (Å²) in [6, 6.07) is 7.58. The summed E-state index contributed by atoms with van der Waals surface area (Å²) in [6.07, 6.45) is 2.58. The van der Waals surface area contributed by atoms with Crippen molar-refractivity contribution in [3.05, 3.63) is 47.4 Å². The Balaban J connectivity index is 2.36. The van der Waals surface area contributed by atoms with Crippen molar-refractivity contribution >= 4 is 27.4 Å². The molecule has 2 rings (SSSR count). The lowest BCUT2D eigenvalue weighted by Gasteiger charge is -2.04. The van der Waals surface area contributed by atoms with Crippen LogP contribution in [0.1, 0.15) is 11.6 Å². The number of fused-ring (bicyclic) bond motifs is 1. The van der Waals surface area contributed by atoms with Crippen LogP contribution in [-0.4, -0.2) is 11.1 Å². The quantitative estimate of drug-likeness (QED) is 0.801. The molecule has 0 spiro atoms. The molecule has 3 nitrogen and oxygen atoms in total. The van der Waals surface area contributed by atoms with E-state index in [1.807, 2.05) is 29.6 Å². The van der Waals surface area contributed by atoms with Crippen LogP contribution in [0, 0.1) is 0 Å². The van der Waals surface area contributed by atoms with Crippen LogP contribution < -0.4 is 5.73 Å². The van der Waals surface area contributed by atoms with Crippen molar-refractivity contribution in [2.75, 3.05) is 0 Å². The van der Waals surface area contributed by atoms with Crippen LogP contribution in [0.3, 0.4) is 0 Å². The number of hydrogen-bond donors (Lipinski definition) is 2. The Bertz CT molecular complexity index is 545. The van der Waals surface area contributed by atoms with Gasteiger partial charge < -0.3 is 10.8 Å². The molecule has 82 valence electrons. The number of hydrogen-bond acceptors (Lipinski definition) is 3. The third kappa shape index (κ3) is 2.13. The van der Waals surface area contributed by atoms with Gasteiger partial charge in [0.25, 0.3) is 0 Å². The van der Waals surface area contributed by atoms with Gasteiger partial charge in [-0.2, -0.15) is 0 Å². The molecule has 1 unspecified atom stereocenters. The van der Waals surface area contributed by atoms with Crippen molar-refractivity contribution < 1.29 is 9.90 Å². The van der Waals surface area contributed by atoms with Crippen molar-refractivity contribution in [1.82, 2.24) is 0 Å². The van der Waals surface area contributed by atoms with E-state index in [4.69, 9.17) is 10.8 Å². The van der Waals surface area contributed by atoms with E-state index >= 15 is 0 Å². The highest BCUT2D eigenvalue weighted by atomic mass is 32.1. The number of aliphatic carboxylic acids is 1. The second kappa shape index (κ2) is 4.47. The number of rotatable bonds is 3. The molecule has 2 aromatic rings. The average molecular weight is 233 g/mol. The molecule has 1 aromatic heterocycles. The largest absolute Gasteiger partial charge is 0.478 e. The first-order valence-corrected chi connectivity index (χ1v) is 5.69. The van der Waals surface area contributed by atoms with Crippen LogP contribution in [-0.2, 0) is 4.79 Å². The first kappa shape index (κ1) is 10.9. The van der Waals surface area contributed by atoms with Gasteiger partial charge in [0.1, 0.15) is 0 Å². The maximum absolute atomic E-state index is 10.4. The highest BCUT2D eigenvalue weighted by molar-refractivity contribution is 7.17. The summed E-state index contributed by atoms with van der Waals surface area (Å²) in [6.45, 7) is 0. The lowest BCUT2D eigenvalue weighted by Crippen LogP contribution is -2.06. The fraction of sp³-hybridized carbons (Fsp3) is 0.0833. The molecule has 16 heavy (non-hydrogen) atoms. The molecule has 0 radical (unpaired) electrons. The van der Waals surface area contributed by atoms with E-state index in [9.17, 15) is 4.79 Å². The van der Waals surface area contributed by atoms with E-state index < -0.39 is 5.97 Å². The molecule has 1 aromatic carbocycles. The van der Waals surface area contributed by atoms with E-state index in [-0.39, 0.29) is 6.04 Å². The fourth-order valence-electron chi connectivity index (χ4n) is 1.55. The zero-order valence-electron chi connectivity index (χ0n) is 8.46. The van der Waals surface area contributed by atoms with Gasteiger partial charge in [-0.05, 0) is 22.4 Å². The smallest absolute Gasteiger partial charge is 0.328 e. The minimum Gasteiger partial charge on any atom is -0.478 e. The molecule has 0 saturated heterocycles. The lowest BCUT2D eigenvalue weighted by molar-refractivity contribution is -0.131. The molecule has 1 atom stereocenters. The molecule has 0 aliphatic rings. The van der Waals surface area contributed by atoms with Gasteiger partial charge in [0.2, 0.25) is 0 Å². The number of nitrogens with two attached hydrogens (primary N) is 1. The summed E-state index contributed by atoms with van der Waals surface area (Å²) in [7, 11) is 0. The Morgan fingerprint density at radius 1 is 1.44 bits per heavy atom. The van der Waals surface area contributed by atoms with Crippen molar-refractivity contribution in [3.63, 3.8) is 0 Å². The maximum atomic E-state index is 10.4. The Kier molecular flexibility index (Phi) is 3.03. The number of carbonyl (C=O) groups is 1. The van der Waals surface area contributed by atoms with Crippen molar-refractivity contribution in [2.24, 2.45) is 5.73 Å². The second-order valence-corrected chi connectivity index (χ2v) is 4.32. The molecule has 0 aliphatic carbocycles. The van der Waals surface area contributed by atoms with Gasteiger partial charge >= 0.3 is 5.97 Å². The monoisotopic (exact) mass is 233 g/mol. The van der Waals surface area contributed by atoms with Crippen LogP contribution in [0.25, 0.3) is 10.1 Å². The van der Waals surface area contributed by atoms with Gasteiger partial charge in [0.05, 0.1) is 6.04 Å². The van der Waals surface area contributed by atoms with Crippen molar-refractivity contribution in [1.29, 1.82) is 0 Å². The zero-order valence-corrected chi connectivity index (χ0v) is 9.28. The normalized spacial score (nSPS) is 13.3. The molecular formula is C12H11NO2S. The third-order valence-electron chi connectivity index (χ3n) is 2.32. The third-order valence-corrected chi connectivity index (χ3v) is 3.30. The molecule has 1 heterocycles. The predicted molar refractivity (Wildman–Crippen MR) is 65.5 cm³/mol. The molecule has 0 fully saturated rings. The first-order valence-electron chi connectivity index (χ1n) is 4.81. The molecule has 4 heteroatoms. The lowest BCUT2D eigenvalue weighted by atomic mass is 10.1. The summed E-state index contributed by atoms with van der Waals surface area (Å²) >= 11 is 1.62. The number of carboxylic acid groups (broad SMARTS) is 1. The molecule has 0 aliphatic heterocycles. The van der Waals surface area contributed by atoms with E-state index in [2.05, 4.69) is 0 Å². The van der Waals surface area contributed by atoms with Crippen LogP contribution >= 0.6 is 11.3 Å². The predicted octanol–water partition coefficient (Wildman–Crippen LogP) is 2.54. The van der Waals surface area contributed by atoms with Crippen LogP contribution in [0.15, 0.2) is 41.8 Å². The van der Waals surface area contributed by atoms with E-state index in [1.165, 1.54) is 6.08 Å². The van der Waals surface area contributed by atoms with Gasteiger partial charge in [-0.25, -0.2) is 4.79 Å². The molecule has 3 N–H and O–H groups in total. The van der Waals surface area contributed by atoms with Gasteiger partial charge in [-0.1, -0.05) is 24.3 Å². The highest BCUT2D eigenvalue weighted by Crippen LogP contribution is 2.29. The van der Waals surface area contributed by atoms with Crippen molar-refractivity contribution in [3.8, 4) is 0 Å². The highest BCUT2D eigenvalue weighted by Gasteiger charge is 2.08. The maximum Gasteiger partial charge on any atom is 0.328 e. The SMILES string of the molecule is NC(/C=C/C(=O)O)c1csc2ccccc12. The average Bonchev–Trinajstić information content (AvgIpc) is 2.69. The standard InChI is InChI=1S/C12H11NO2S/c13-10(5-6-12(14)15)9-7-16-11-4-2-1-3-8(9)11/h1-7,10H,13H2,(H,14,15)/b6-5+. The number of benzene rings is 1. The van der Waals surface area contributed by atoms with Crippen molar-refractivity contribution in [2.45, 2.75) is 6.04 Å². The Labute approximate surface area is 96.8 Å². The first-order chi connectivity index (χ1) is 7.68. The number of thiophene rings is 1. The Morgan fingerprint density at radius 3 is 2.94 bits per heavy atom. The Hall–Kier alpha value is -1.65. The summed E-state index contributed by atoms with van der Waals surface area (Å²) in [4.78, 5) is 10.4. The van der Waals surface area contributed by atoms with Crippen LogP contribution in [0.4, 0.5) is 0 Å². The summed E-state index contributed by atoms with van der Waals surface area (Å²) in [5.41, 5.74) is 6.88. The molecular weight excluding hydrogens is 222 g/mol. The Morgan fingerprint density at radius 2 is 2.19 bits per heavy atom. The van der Waals surface area contributed by atoms with Gasteiger partial charge in [-0.3, -0.25) is 0 Å². The topological polar surface area (TPSA) is 63.3 Å². The fourth-order valence-corrected chi connectivity index (χ4v) is 2.55. The summed E-state index contributed by atoms with van der Waals surface area (Å²) in [5.74, 6) is -0.977. The van der Waals surface area contributed by atoms with E-state index in [1.54, 1.807) is 11.3 Å². The van der Waals surface area contributed by atoms with Crippen LogP contribution in [0.2, 0.25) is 0 Å². The van der Waals surface area contributed by atoms with E-state index in [0.29, 0.717) is 0 Å². The van der Waals surface area contributed by atoms with E-state index in [0.717, 1.165) is 21.7 Å². The molecule has 0 saturated carbocycles. The van der Waals surface area contributed by atoms with Gasteiger partial charge in [0.15, 0.2) is 0 Å². The second-order valence-electron chi connectivity index (χ2n) is 3.41. The summed E-state index contributed by atoms with van der Waals surface area (Å²) < 4.78 is 1.16. The van der Waals surface area contributed by atoms with Crippen LogP contribution in [0.5, 0.6) is 0 Å². The summed E-state index contributed by atoms with van der Waals surface area (Å²) in [5, 5.41) is 11.6. The minimum atomic E-state index is -0.977.